The third kappa shape index (κ3) is 4.33. The minimum atomic E-state index is -0.317. The third-order valence-corrected chi connectivity index (χ3v) is 3.82. The maximum atomic E-state index is 12.1. The van der Waals surface area contributed by atoms with Crippen LogP contribution in [0.25, 0.3) is 0 Å². The monoisotopic (exact) mass is 330 g/mol. The van der Waals surface area contributed by atoms with Crippen molar-refractivity contribution in [1.82, 2.24) is 5.32 Å². The Morgan fingerprint density at radius 2 is 2.00 bits per heavy atom. The molecule has 5 nitrogen and oxygen atoms in total. The number of benzene rings is 1. The van der Waals surface area contributed by atoms with Crippen molar-refractivity contribution in [3.63, 3.8) is 0 Å². The first kappa shape index (κ1) is 16.1. The Morgan fingerprint density at radius 3 is 2.71 bits per heavy atom. The molecule has 21 heavy (non-hydrogen) atoms. The smallest absolute Gasteiger partial charge is 0.228 e. The predicted octanol–water partition coefficient (Wildman–Crippen LogP) is 2.33. The lowest BCUT2D eigenvalue weighted by molar-refractivity contribution is -0.125. The van der Waals surface area contributed by atoms with Gasteiger partial charge in [0.05, 0.1) is 29.2 Å². The molecule has 1 aliphatic carbocycles. The molecular formula is C14H16Cl2N2O3. The van der Waals surface area contributed by atoms with Crippen molar-refractivity contribution >= 4 is 40.7 Å². The van der Waals surface area contributed by atoms with E-state index in [1.54, 1.807) is 25.3 Å². The van der Waals surface area contributed by atoms with Crippen LogP contribution in [-0.4, -0.2) is 32.1 Å². The zero-order valence-electron chi connectivity index (χ0n) is 11.5. The minimum Gasteiger partial charge on any atom is -0.383 e. The van der Waals surface area contributed by atoms with Crippen LogP contribution in [0.2, 0.25) is 10.0 Å². The lowest BCUT2D eigenvalue weighted by atomic mass is 10.2. The summed E-state index contributed by atoms with van der Waals surface area (Å²) in [6.45, 7) is 0.897. The van der Waals surface area contributed by atoms with Gasteiger partial charge in [0.25, 0.3) is 0 Å². The number of methoxy groups -OCH3 is 1. The molecule has 1 aromatic carbocycles. The number of carbonyl (C=O) groups is 2. The normalized spacial score (nSPS) is 20.0. The van der Waals surface area contributed by atoms with Crippen LogP contribution in [0, 0.1) is 11.8 Å². The van der Waals surface area contributed by atoms with Gasteiger partial charge < -0.3 is 15.4 Å². The minimum absolute atomic E-state index is 0.121. The van der Waals surface area contributed by atoms with Gasteiger partial charge in [-0.2, -0.15) is 0 Å². The lowest BCUT2D eigenvalue weighted by Crippen LogP contribution is -2.30. The quantitative estimate of drug-likeness (QED) is 0.786. The molecule has 1 fully saturated rings. The van der Waals surface area contributed by atoms with Gasteiger partial charge in [-0.05, 0) is 24.6 Å². The van der Waals surface area contributed by atoms with E-state index in [-0.39, 0.29) is 23.7 Å². The Hall–Kier alpha value is -1.30. The Kier molecular flexibility index (Phi) is 5.45. The van der Waals surface area contributed by atoms with E-state index in [4.69, 9.17) is 27.9 Å². The fourth-order valence-electron chi connectivity index (χ4n) is 2.00. The highest BCUT2D eigenvalue weighted by Crippen LogP contribution is 2.40. The van der Waals surface area contributed by atoms with Crippen molar-refractivity contribution in [2.75, 3.05) is 25.6 Å². The summed E-state index contributed by atoms with van der Waals surface area (Å²) < 4.78 is 4.85. The van der Waals surface area contributed by atoms with Gasteiger partial charge in [0, 0.05) is 18.7 Å². The highest BCUT2D eigenvalue weighted by atomic mass is 35.5. The van der Waals surface area contributed by atoms with E-state index in [1.165, 1.54) is 0 Å². The molecule has 2 rings (SSSR count). The lowest BCUT2D eigenvalue weighted by Gasteiger charge is -2.08. The zero-order valence-corrected chi connectivity index (χ0v) is 13.0. The van der Waals surface area contributed by atoms with Gasteiger partial charge >= 0.3 is 0 Å². The van der Waals surface area contributed by atoms with E-state index in [2.05, 4.69) is 10.6 Å². The number of amides is 2. The zero-order chi connectivity index (χ0) is 15.4. The first-order valence-corrected chi connectivity index (χ1v) is 7.31. The molecule has 2 N–H and O–H groups in total. The predicted molar refractivity (Wildman–Crippen MR) is 81.6 cm³/mol. The largest absolute Gasteiger partial charge is 0.383 e. The van der Waals surface area contributed by atoms with Crippen LogP contribution < -0.4 is 10.6 Å². The molecule has 0 bridgehead atoms. The van der Waals surface area contributed by atoms with Gasteiger partial charge in [-0.15, -0.1) is 0 Å². The molecule has 2 amide bonds. The van der Waals surface area contributed by atoms with Crippen molar-refractivity contribution in [3.05, 3.63) is 28.2 Å². The van der Waals surface area contributed by atoms with Crippen molar-refractivity contribution in [2.45, 2.75) is 6.42 Å². The van der Waals surface area contributed by atoms with Gasteiger partial charge in [0.2, 0.25) is 11.8 Å². The summed E-state index contributed by atoms with van der Waals surface area (Å²) in [4.78, 5) is 23.8. The van der Waals surface area contributed by atoms with Crippen LogP contribution in [0.3, 0.4) is 0 Å². The summed E-state index contributed by atoms with van der Waals surface area (Å²) in [5.74, 6) is -0.933. The molecule has 2 atom stereocenters. The first-order chi connectivity index (χ1) is 10.0. The number of nitrogens with one attached hydrogen (secondary N) is 2. The van der Waals surface area contributed by atoms with E-state index in [1.807, 2.05) is 0 Å². The molecule has 114 valence electrons. The maximum Gasteiger partial charge on any atom is 0.228 e. The molecular weight excluding hydrogens is 315 g/mol. The topological polar surface area (TPSA) is 67.4 Å². The van der Waals surface area contributed by atoms with Crippen molar-refractivity contribution in [2.24, 2.45) is 11.8 Å². The van der Waals surface area contributed by atoms with Crippen LogP contribution in [0.4, 0.5) is 5.69 Å². The molecule has 0 radical (unpaired) electrons. The highest BCUT2D eigenvalue weighted by Gasteiger charge is 2.47. The highest BCUT2D eigenvalue weighted by molar-refractivity contribution is 6.35. The second kappa shape index (κ2) is 7.11. The average molecular weight is 331 g/mol. The molecule has 0 spiro atoms. The second-order valence-corrected chi connectivity index (χ2v) is 5.69. The van der Waals surface area contributed by atoms with Gasteiger partial charge in [-0.1, -0.05) is 23.2 Å². The summed E-state index contributed by atoms with van der Waals surface area (Å²) >= 11 is 11.8. The van der Waals surface area contributed by atoms with Crippen molar-refractivity contribution in [3.8, 4) is 0 Å². The molecule has 1 aliphatic rings. The standard InChI is InChI=1S/C14H16Cl2N2O3/c1-21-5-4-17-13(19)9-7-10(9)14(20)18-12-6-8(15)2-3-11(12)16/h2-3,6,9-10H,4-5,7H2,1H3,(H,17,19)(H,18,20). The fourth-order valence-corrected chi connectivity index (χ4v) is 2.34. The second-order valence-electron chi connectivity index (χ2n) is 4.85. The SMILES string of the molecule is COCCNC(=O)C1CC1C(=O)Nc1cc(Cl)ccc1Cl. The maximum absolute atomic E-state index is 12.1. The number of anilines is 1. The van der Waals surface area contributed by atoms with Gasteiger partial charge in [-0.25, -0.2) is 0 Å². The number of rotatable bonds is 6. The molecule has 0 heterocycles. The van der Waals surface area contributed by atoms with Crippen LogP contribution >= 0.6 is 23.2 Å². The summed E-state index contributed by atoms with van der Waals surface area (Å²) in [7, 11) is 1.56. The van der Waals surface area contributed by atoms with Gasteiger partial charge in [0.15, 0.2) is 0 Å². The fraction of sp³-hybridized carbons (Fsp3) is 0.429. The van der Waals surface area contributed by atoms with Crippen LogP contribution in [0.5, 0.6) is 0 Å². The molecule has 1 aromatic rings. The average Bonchev–Trinajstić information content (AvgIpc) is 3.23. The summed E-state index contributed by atoms with van der Waals surface area (Å²) in [6.07, 6.45) is 0.544. The Morgan fingerprint density at radius 1 is 1.29 bits per heavy atom. The van der Waals surface area contributed by atoms with E-state index in [0.717, 1.165) is 0 Å². The Labute approximate surface area is 132 Å². The number of hydrogen-bond acceptors (Lipinski definition) is 3. The molecule has 1 saturated carbocycles. The van der Waals surface area contributed by atoms with E-state index in [9.17, 15) is 9.59 Å². The number of halogens is 2. The molecule has 2 unspecified atom stereocenters. The van der Waals surface area contributed by atoms with E-state index in [0.29, 0.717) is 35.3 Å². The molecule has 0 aromatic heterocycles. The summed E-state index contributed by atoms with van der Waals surface area (Å²) in [6, 6.07) is 4.84. The van der Waals surface area contributed by atoms with Gasteiger partial charge in [-0.3, -0.25) is 9.59 Å². The van der Waals surface area contributed by atoms with Crippen LogP contribution in [-0.2, 0) is 14.3 Å². The summed E-state index contributed by atoms with van der Waals surface area (Å²) in [5, 5.41) is 6.33. The summed E-state index contributed by atoms with van der Waals surface area (Å²) in [5.41, 5.74) is 0.458. The van der Waals surface area contributed by atoms with Crippen LogP contribution in [0.15, 0.2) is 18.2 Å². The number of hydrogen-bond donors (Lipinski definition) is 2. The number of ether oxygens (including phenoxy) is 1. The number of carbonyl (C=O) groups excluding carboxylic acids is 2. The third-order valence-electron chi connectivity index (χ3n) is 3.26. The van der Waals surface area contributed by atoms with Crippen molar-refractivity contribution in [1.29, 1.82) is 0 Å². The Bertz CT molecular complexity index is 551. The van der Waals surface area contributed by atoms with Crippen LogP contribution in [0.1, 0.15) is 6.42 Å². The molecule has 7 heteroatoms. The van der Waals surface area contributed by atoms with Gasteiger partial charge in [0.1, 0.15) is 0 Å². The van der Waals surface area contributed by atoms with E-state index < -0.39 is 0 Å². The Balaban J connectivity index is 1.86. The van der Waals surface area contributed by atoms with E-state index >= 15 is 0 Å². The first-order valence-electron chi connectivity index (χ1n) is 6.55. The van der Waals surface area contributed by atoms with Crippen molar-refractivity contribution < 1.29 is 14.3 Å². The molecule has 0 aliphatic heterocycles. The molecule has 0 saturated heterocycles.